The maximum atomic E-state index is 12.5. The highest BCUT2D eigenvalue weighted by atomic mass is 32.2. The summed E-state index contributed by atoms with van der Waals surface area (Å²) in [5, 5.41) is 3.16. The molecule has 2 rings (SSSR count). The molecule has 0 aliphatic heterocycles. The molecule has 0 spiro atoms. The van der Waals surface area contributed by atoms with Gasteiger partial charge in [-0.15, -0.1) is 6.42 Å². The molecule has 1 saturated carbocycles. The fourth-order valence-corrected chi connectivity index (χ4v) is 3.40. The van der Waals surface area contributed by atoms with Crippen LogP contribution in [-0.2, 0) is 16.6 Å². The van der Waals surface area contributed by atoms with Crippen molar-refractivity contribution in [2.24, 2.45) is 5.92 Å². The van der Waals surface area contributed by atoms with Gasteiger partial charge in [-0.1, -0.05) is 12.8 Å². The number of sulfonamides is 1. The van der Waals surface area contributed by atoms with Crippen LogP contribution in [0.4, 0.5) is 0 Å². The molecule has 116 valence electrons. The minimum Gasteiger partial charge on any atom is -0.447 e. The van der Waals surface area contributed by atoms with E-state index in [1.165, 1.54) is 10.4 Å². The third kappa shape index (κ3) is 4.34. The van der Waals surface area contributed by atoms with Gasteiger partial charge in [0.2, 0.25) is 5.09 Å². The smallest absolute Gasteiger partial charge is 0.277 e. The van der Waals surface area contributed by atoms with Crippen LogP contribution in [0.1, 0.15) is 31.9 Å². The van der Waals surface area contributed by atoms with Crippen molar-refractivity contribution in [3.05, 3.63) is 17.9 Å². The Bertz CT molecular complexity index is 597. The van der Waals surface area contributed by atoms with Crippen molar-refractivity contribution in [1.29, 1.82) is 0 Å². The van der Waals surface area contributed by atoms with E-state index in [4.69, 9.17) is 10.8 Å². The summed E-state index contributed by atoms with van der Waals surface area (Å²) in [6, 6.07) is 3.20. The lowest BCUT2D eigenvalue weighted by molar-refractivity contribution is 0.370. The van der Waals surface area contributed by atoms with Gasteiger partial charge in [0.05, 0.1) is 13.1 Å². The van der Waals surface area contributed by atoms with Gasteiger partial charge in [0.25, 0.3) is 10.0 Å². The summed E-state index contributed by atoms with van der Waals surface area (Å²) in [5.41, 5.74) is 0. The Hall–Kier alpha value is -1.29. The van der Waals surface area contributed by atoms with Gasteiger partial charge in [-0.25, -0.2) is 8.42 Å². The van der Waals surface area contributed by atoms with Crippen molar-refractivity contribution in [1.82, 2.24) is 9.62 Å². The van der Waals surface area contributed by atoms with Gasteiger partial charge in [0.15, 0.2) is 0 Å². The Labute approximate surface area is 126 Å². The van der Waals surface area contributed by atoms with Gasteiger partial charge < -0.3 is 9.73 Å². The molecule has 1 heterocycles. The van der Waals surface area contributed by atoms with E-state index < -0.39 is 10.0 Å². The molecule has 1 aromatic heterocycles. The summed E-state index contributed by atoms with van der Waals surface area (Å²) in [7, 11) is -3.63. The number of hydrogen-bond donors (Lipinski definition) is 1. The summed E-state index contributed by atoms with van der Waals surface area (Å²) >= 11 is 0. The van der Waals surface area contributed by atoms with Crippen LogP contribution in [0.2, 0.25) is 0 Å². The van der Waals surface area contributed by atoms with E-state index in [1.54, 1.807) is 6.07 Å². The Morgan fingerprint density at radius 2 is 2.24 bits per heavy atom. The van der Waals surface area contributed by atoms with Crippen molar-refractivity contribution < 1.29 is 12.8 Å². The Morgan fingerprint density at radius 1 is 1.48 bits per heavy atom. The number of nitrogens with one attached hydrogen (secondary N) is 1. The van der Waals surface area contributed by atoms with Gasteiger partial charge in [0.1, 0.15) is 5.76 Å². The molecule has 0 atom stereocenters. The van der Waals surface area contributed by atoms with Crippen molar-refractivity contribution in [2.75, 3.05) is 19.6 Å². The predicted octanol–water partition coefficient (Wildman–Crippen LogP) is 1.81. The summed E-state index contributed by atoms with van der Waals surface area (Å²) in [6.07, 6.45) is 8.45. The predicted molar refractivity (Wildman–Crippen MR) is 81.0 cm³/mol. The second-order valence-corrected chi connectivity index (χ2v) is 7.21. The molecule has 0 bridgehead atoms. The minimum atomic E-state index is -3.63. The van der Waals surface area contributed by atoms with Crippen LogP contribution in [-0.4, -0.2) is 32.4 Å². The molecule has 21 heavy (non-hydrogen) atoms. The van der Waals surface area contributed by atoms with Gasteiger partial charge >= 0.3 is 0 Å². The summed E-state index contributed by atoms with van der Waals surface area (Å²) < 4.78 is 31.9. The fraction of sp³-hybridized carbons (Fsp3) is 0.600. The van der Waals surface area contributed by atoms with Crippen LogP contribution in [0.15, 0.2) is 21.6 Å². The van der Waals surface area contributed by atoms with Crippen LogP contribution in [0.3, 0.4) is 0 Å². The first-order chi connectivity index (χ1) is 10.1. The zero-order chi connectivity index (χ0) is 15.3. The van der Waals surface area contributed by atoms with Crippen molar-refractivity contribution >= 4 is 10.0 Å². The van der Waals surface area contributed by atoms with E-state index in [9.17, 15) is 8.42 Å². The number of rotatable bonds is 9. The van der Waals surface area contributed by atoms with E-state index in [1.807, 2.05) is 0 Å². The SMILES string of the molecule is C#CCN(CC1CC1)S(=O)(=O)c1ccc(CNCCC)o1. The normalized spacial score (nSPS) is 15.3. The molecule has 1 aromatic rings. The second kappa shape index (κ2) is 7.12. The molecule has 5 nitrogen and oxygen atoms in total. The molecule has 1 fully saturated rings. The quantitative estimate of drug-likeness (QED) is 0.558. The number of furan rings is 1. The Balaban J connectivity index is 2.07. The van der Waals surface area contributed by atoms with E-state index in [2.05, 4.69) is 18.2 Å². The molecule has 0 saturated heterocycles. The molecule has 1 aliphatic rings. The van der Waals surface area contributed by atoms with Crippen LogP contribution >= 0.6 is 0 Å². The third-order valence-electron chi connectivity index (χ3n) is 3.38. The molecule has 0 aromatic carbocycles. The maximum Gasteiger partial charge on any atom is 0.277 e. The van der Waals surface area contributed by atoms with Gasteiger partial charge in [-0.2, -0.15) is 4.31 Å². The van der Waals surface area contributed by atoms with E-state index in [-0.39, 0.29) is 11.6 Å². The van der Waals surface area contributed by atoms with Crippen LogP contribution in [0.5, 0.6) is 0 Å². The summed E-state index contributed by atoms with van der Waals surface area (Å²) in [4.78, 5) is 0. The van der Waals surface area contributed by atoms with Crippen molar-refractivity contribution in [2.45, 2.75) is 37.8 Å². The summed E-state index contributed by atoms with van der Waals surface area (Å²) in [6.45, 7) is 4.04. The first kappa shape index (κ1) is 16.1. The first-order valence-electron chi connectivity index (χ1n) is 7.31. The number of hydrogen-bond acceptors (Lipinski definition) is 4. The van der Waals surface area contributed by atoms with E-state index in [0.717, 1.165) is 25.8 Å². The Morgan fingerprint density at radius 3 is 2.86 bits per heavy atom. The Kier molecular flexibility index (Phi) is 5.45. The lowest BCUT2D eigenvalue weighted by Gasteiger charge is -2.17. The number of nitrogens with zero attached hydrogens (tertiary/aromatic N) is 1. The topological polar surface area (TPSA) is 62.6 Å². The second-order valence-electron chi connectivity index (χ2n) is 5.34. The van der Waals surface area contributed by atoms with E-state index >= 15 is 0 Å². The molecule has 0 radical (unpaired) electrons. The highest BCUT2D eigenvalue weighted by Gasteiger charge is 2.33. The fourth-order valence-electron chi connectivity index (χ4n) is 2.05. The van der Waals surface area contributed by atoms with Crippen LogP contribution in [0, 0.1) is 18.3 Å². The standard InChI is InChI=1S/C15H22N2O3S/c1-3-9-16-11-14-7-8-15(20-14)21(18,19)17(10-4-2)12-13-5-6-13/h2,7-8,13,16H,3,5-6,9-12H2,1H3. The van der Waals surface area contributed by atoms with E-state index in [0.29, 0.717) is 24.8 Å². The lowest BCUT2D eigenvalue weighted by Crippen LogP contribution is -2.33. The zero-order valence-electron chi connectivity index (χ0n) is 12.3. The lowest BCUT2D eigenvalue weighted by atomic mass is 10.4. The molecule has 0 unspecified atom stereocenters. The zero-order valence-corrected chi connectivity index (χ0v) is 13.2. The monoisotopic (exact) mass is 310 g/mol. The molecular formula is C15H22N2O3S. The van der Waals surface area contributed by atoms with Crippen molar-refractivity contribution in [3.8, 4) is 12.3 Å². The van der Waals surface area contributed by atoms with Crippen LogP contribution in [0.25, 0.3) is 0 Å². The third-order valence-corrected chi connectivity index (χ3v) is 5.07. The first-order valence-corrected chi connectivity index (χ1v) is 8.75. The number of terminal acetylenes is 1. The van der Waals surface area contributed by atoms with Crippen molar-refractivity contribution in [3.63, 3.8) is 0 Å². The van der Waals surface area contributed by atoms with Gasteiger partial charge in [0, 0.05) is 6.54 Å². The molecule has 6 heteroatoms. The molecule has 1 aliphatic carbocycles. The molecule has 1 N–H and O–H groups in total. The minimum absolute atomic E-state index is 0.0216. The molecule has 0 amide bonds. The largest absolute Gasteiger partial charge is 0.447 e. The average molecular weight is 310 g/mol. The highest BCUT2D eigenvalue weighted by molar-refractivity contribution is 7.89. The average Bonchev–Trinajstić information content (AvgIpc) is 3.14. The van der Waals surface area contributed by atoms with Crippen LogP contribution < -0.4 is 5.32 Å². The molecular weight excluding hydrogens is 288 g/mol. The summed E-state index contributed by atoms with van der Waals surface area (Å²) in [5.74, 6) is 3.48. The highest BCUT2D eigenvalue weighted by Crippen LogP contribution is 2.31. The van der Waals surface area contributed by atoms with Gasteiger partial charge in [-0.3, -0.25) is 0 Å². The van der Waals surface area contributed by atoms with Gasteiger partial charge in [-0.05, 0) is 43.9 Å². The maximum absolute atomic E-state index is 12.5.